The van der Waals surface area contributed by atoms with Crippen LogP contribution in [-0.4, -0.2) is 25.1 Å². The average molecular weight is 255 g/mol. The molecule has 1 aromatic carbocycles. The highest BCUT2D eigenvalue weighted by Crippen LogP contribution is 2.22. The minimum absolute atomic E-state index is 0.141. The summed E-state index contributed by atoms with van der Waals surface area (Å²) in [5.74, 6) is 0.752. The third-order valence-electron chi connectivity index (χ3n) is 3.48. The van der Waals surface area contributed by atoms with Gasteiger partial charge in [0.25, 0.3) is 0 Å². The van der Waals surface area contributed by atoms with Crippen molar-refractivity contribution in [3.63, 3.8) is 0 Å². The molecule has 98 valence electrons. The van der Waals surface area contributed by atoms with E-state index in [1.165, 1.54) is 0 Å². The molecular formula is C15H17N3O. The van der Waals surface area contributed by atoms with Crippen LogP contribution in [-0.2, 0) is 6.54 Å². The number of piperidine rings is 1. The van der Waals surface area contributed by atoms with E-state index in [0.29, 0.717) is 11.3 Å². The van der Waals surface area contributed by atoms with E-state index in [0.717, 1.165) is 38.0 Å². The summed E-state index contributed by atoms with van der Waals surface area (Å²) in [6.45, 7) is 2.63. The SMILES string of the molecule is COc1ccc(CN2CCCC(C#N)C2)cc1C#N. The zero-order valence-electron chi connectivity index (χ0n) is 11.1. The highest BCUT2D eigenvalue weighted by molar-refractivity contribution is 5.45. The number of nitrogens with zero attached hydrogens (tertiary/aromatic N) is 3. The van der Waals surface area contributed by atoms with Gasteiger partial charge in [0.15, 0.2) is 0 Å². The van der Waals surface area contributed by atoms with Gasteiger partial charge < -0.3 is 4.74 Å². The monoisotopic (exact) mass is 255 g/mol. The first-order chi connectivity index (χ1) is 9.26. The van der Waals surface area contributed by atoms with Crippen LogP contribution in [0.2, 0.25) is 0 Å². The number of likely N-dealkylation sites (tertiary alicyclic amines) is 1. The molecule has 1 aromatic rings. The largest absolute Gasteiger partial charge is 0.495 e. The maximum Gasteiger partial charge on any atom is 0.136 e. The number of benzene rings is 1. The summed E-state index contributed by atoms with van der Waals surface area (Å²) in [7, 11) is 1.57. The molecule has 19 heavy (non-hydrogen) atoms. The quantitative estimate of drug-likeness (QED) is 0.831. The van der Waals surface area contributed by atoms with Crippen molar-refractivity contribution in [1.29, 1.82) is 10.5 Å². The van der Waals surface area contributed by atoms with Crippen LogP contribution in [0.3, 0.4) is 0 Å². The van der Waals surface area contributed by atoms with Gasteiger partial charge in [0.1, 0.15) is 11.8 Å². The van der Waals surface area contributed by atoms with Gasteiger partial charge >= 0.3 is 0 Å². The Morgan fingerprint density at radius 3 is 2.95 bits per heavy atom. The van der Waals surface area contributed by atoms with Gasteiger partial charge in [-0.05, 0) is 37.1 Å². The first-order valence-electron chi connectivity index (χ1n) is 6.46. The number of rotatable bonds is 3. The molecule has 4 nitrogen and oxygen atoms in total. The smallest absolute Gasteiger partial charge is 0.136 e. The molecule has 1 saturated heterocycles. The molecule has 1 unspecified atom stereocenters. The third kappa shape index (κ3) is 3.24. The van der Waals surface area contributed by atoms with E-state index in [9.17, 15) is 0 Å². The summed E-state index contributed by atoms with van der Waals surface area (Å²) < 4.78 is 5.14. The van der Waals surface area contributed by atoms with Crippen LogP contribution in [0.25, 0.3) is 0 Å². The second-order valence-electron chi connectivity index (χ2n) is 4.85. The van der Waals surface area contributed by atoms with E-state index in [4.69, 9.17) is 15.3 Å². The summed E-state index contributed by atoms with van der Waals surface area (Å²) >= 11 is 0. The number of nitriles is 2. The Morgan fingerprint density at radius 1 is 1.42 bits per heavy atom. The van der Waals surface area contributed by atoms with Crippen molar-refractivity contribution in [1.82, 2.24) is 4.90 Å². The van der Waals surface area contributed by atoms with E-state index in [1.54, 1.807) is 7.11 Å². The zero-order valence-corrected chi connectivity index (χ0v) is 11.1. The fourth-order valence-corrected chi connectivity index (χ4v) is 2.50. The van der Waals surface area contributed by atoms with E-state index in [1.807, 2.05) is 18.2 Å². The Bertz CT molecular complexity index is 527. The Morgan fingerprint density at radius 2 is 2.26 bits per heavy atom. The van der Waals surface area contributed by atoms with Gasteiger partial charge in [-0.1, -0.05) is 6.07 Å². The predicted molar refractivity (Wildman–Crippen MR) is 71.3 cm³/mol. The lowest BCUT2D eigenvalue weighted by Gasteiger charge is -2.29. The lowest BCUT2D eigenvalue weighted by molar-refractivity contribution is 0.192. The first-order valence-corrected chi connectivity index (χ1v) is 6.46. The predicted octanol–water partition coefficient (Wildman–Crippen LogP) is 2.30. The van der Waals surface area contributed by atoms with Gasteiger partial charge in [0, 0.05) is 13.1 Å². The maximum atomic E-state index is 9.07. The Kier molecular flexibility index (Phi) is 4.39. The van der Waals surface area contributed by atoms with Gasteiger partial charge in [-0.2, -0.15) is 10.5 Å². The van der Waals surface area contributed by atoms with Crippen molar-refractivity contribution in [2.24, 2.45) is 5.92 Å². The molecule has 0 spiro atoms. The summed E-state index contributed by atoms with van der Waals surface area (Å²) in [6.07, 6.45) is 2.07. The van der Waals surface area contributed by atoms with Gasteiger partial charge in [-0.25, -0.2) is 0 Å². The van der Waals surface area contributed by atoms with Crippen LogP contribution < -0.4 is 4.74 Å². The molecule has 1 fully saturated rings. The highest BCUT2D eigenvalue weighted by atomic mass is 16.5. The molecule has 1 aliphatic heterocycles. The molecule has 0 aliphatic carbocycles. The van der Waals surface area contributed by atoms with Crippen LogP contribution in [0.5, 0.6) is 5.75 Å². The molecule has 1 heterocycles. The minimum atomic E-state index is 0.141. The van der Waals surface area contributed by atoms with Crippen molar-refractivity contribution >= 4 is 0 Å². The van der Waals surface area contributed by atoms with E-state index >= 15 is 0 Å². The lowest BCUT2D eigenvalue weighted by atomic mass is 9.99. The van der Waals surface area contributed by atoms with Gasteiger partial charge in [-0.3, -0.25) is 4.90 Å². The van der Waals surface area contributed by atoms with Crippen LogP contribution >= 0.6 is 0 Å². The normalized spacial score (nSPS) is 19.4. The molecule has 0 saturated carbocycles. The van der Waals surface area contributed by atoms with Crippen LogP contribution in [0.1, 0.15) is 24.0 Å². The molecule has 0 aromatic heterocycles. The summed E-state index contributed by atoms with van der Waals surface area (Å²) in [5.41, 5.74) is 1.66. The fraction of sp³-hybridized carbons (Fsp3) is 0.467. The summed E-state index contributed by atoms with van der Waals surface area (Å²) in [6, 6.07) is 10.2. The summed E-state index contributed by atoms with van der Waals surface area (Å²) in [4.78, 5) is 2.28. The Balaban J connectivity index is 2.07. The van der Waals surface area contributed by atoms with Crippen LogP contribution in [0, 0.1) is 28.6 Å². The second-order valence-corrected chi connectivity index (χ2v) is 4.85. The van der Waals surface area contributed by atoms with E-state index in [-0.39, 0.29) is 5.92 Å². The number of methoxy groups -OCH3 is 1. The lowest BCUT2D eigenvalue weighted by Crippen LogP contribution is -2.34. The second kappa shape index (κ2) is 6.22. The van der Waals surface area contributed by atoms with Gasteiger partial charge in [-0.15, -0.1) is 0 Å². The van der Waals surface area contributed by atoms with Crippen molar-refractivity contribution in [3.05, 3.63) is 29.3 Å². The molecule has 0 bridgehead atoms. The van der Waals surface area contributed by atoms with E-state index in [2.05, 4.69) is 17.0 Å². The Hall–Kier alpha value is -2.04. The molecular weight excluding hydrogens is 238 g/mol. The summed E-state index contributed by atoms with van der Waals surface area (Å²) in [5, 5.41) is 18.1. The fourth-order valence-electron chi connectivity index (χ4n) is 2.50. The standard InChI is InChI=1S/C15H17N3O/c1-19-15-5-4-12(7-14(15)9-17)10-18-6-2-3-13(8-16)11-18/h4-5,7,13H,2-3,6,10-11H2,1H3. The van der Waals surface area contributed by atoms with Gasteiger partial charge in [0.2, 0.25) is 0 Å². The molecule has 0 amide bonds. The van der Waals surface area contributed by atoms with Crippen molar-refractivity contribution in [2.75, 3.05) is 20.2 Å². The average Bonchev–Trinajstić information content (AvgIpc) is 2.47. The highest BCUT2D eigenvalue weighted by Gasteiger charge is 2.19. The zero-order chi connectivity index (χ0) is 13.7. The number of hydrogen-bond acceptors (Lipinski definition) is 4. The molecule has 1 aliphatic rings. The third-order valence-corrected chi connectivity index (χ3v) is 3.48. The first kappa shape index (κ1) is 13.4. The van der Waals surface area contributed by atoms with Gasteiger partial charge in [0.05, 0.1) is 24.7 Å². The van der Waals surface area contributed by atoms with E-state index < -0.39 is 0 Å². The molecule has 4 heteroatoms. The maximum absolute atomic E-state index is 9.07. The topological polar surface area (TPSA) is 60.0 Å². The minimum Gasteiger partial charge on any atom is -0.495 e. The Labute approximate surface area is 113 Å². The van der Waals surface area contributed by atoms with Crippen molar-refractivity contribution in [2.45, 2.75) is 19.4 Å². The number of ether oxygens (including phenoxy) is 1. The number of hydrogen-bond donors (Lipinski definition) is 0. The van der Waals surface area contributed by atoms with Crippen molar-refractivity contribution < 1.29 is 4.74 Å². The molecule has 0 N–H and O–H groups in total. The van der Waals surface area contributed by atoms with Crippen molar-refractivity contribution in [3.8, 4) is 17.9 Å². The molecule has 0 radical (unpaired) electrons. The van der Waals surface area contributed by atoms with Crippen LogP contribution in [0.4, 0.5) is 0 Å². The van der Waals surface area contributed by atoms with Crippen LogP contribution in [0.15, 0.2) is 18.2 Å². The molecule has 2 rings (SSSR count). The molecule has 1 atom stereocenters.